The largest absolute Gasteiger partial charge is 0.481 e. The zero-order chi connectivity index (χ0) is 11.1. The maximum atomic E-state index is 10.4. The molecule has 1 N–H and O–H groups in total. The van der Waals surface area contributed by atoms with Crippen LogP contribution in [0.2, 0.25) is 0 Å². The molecular formula is C13H24O2. The third kappa shape index (κ3) is 5.81. The number of aliphatic carboxylic acids is 1. The summed E-state index contributed by atoms with van der Waals surface area (Å²) in [6.45, 7) is 2.24. The summed E-state index contributed by atoms with van der Waals surface area (Å²) in [5.41, 5.74) is 0. The van der Waals surface area contributed by atoms with Crippen LogP contribution in [0.3, 0.4) is 0 Å². The molecule has 2 atom stereocenters. The van der Waals surface area contributed by atoms with Gasteiger partial charge in [0.25, 0.3) is 0 Å². The minimum Gasteiger partial charge on any atom is -0.481 e. The van der Waals surface area contributed by atoms with Crippen molar-refractivity contribution in [2.24, 2.45) is 11.8 Å². The highest BCUT2D eigenvalue weighted by Gasteiger charge is 2.35. The first-order valence-electron chi connectivity index (χ1n) is 6.45. The standard InChI is InChI=1S/C13H24O2/c1-2-3-4-5-6-7-11-10-12(11)8-9-13(14)15/h11-12H,2-10H2,1H3,(H,14,15)/t11-,12-/m1/s1. The molecule has 2 heteroatoms. The van der Waals surface area contributed by atoms with E-state index in [1.165, 1.54) is 44.9 Å². The molecule has 0 aromatic heterocycles. The minimum absolute atomic E-state index is 0.372. The van der Waals surface area contributed by atoms with Crippen LogP contribution in [0.25, 0.3) is 0 Å². The molecule has 0 amide bonds. The highest BCUT2D eigenvalue weighted by Crippen LogP contribution is 2.45. The second-order valence-electron chi connectivity index (χ2n) is 4.89. The number of hydrogen-bond donors (Lipinski definition) is 1. The van der Waals surface area contributed by atoms with Crippen LogP contribution in [0.5, 0.6) is 0 Å². The number of hydrogen-bond acceptors (Lipinski definition) is 1. The van der Waals surface area contributed by atoms with Gasteiger partial charge in [-0.2, -0.15) is 0 Å². The molecule has 0 unspecified atom stereocenters. The highest BCUT2D eigenvalue weighted by atomic mass is 16.4. The molecular weight excluding hydrogens is 188 g/mol. The monoisotopic (exact) mass is 212 g/mol. The van der Waals surface area contributed by atoms with E-state index >= 15 is 0 Å². The predicted octanol–water partition coefficient (Wildman–Crippen LogP) is 3.85. The average Bonchev–Trinajstić information content (AvgIpc) is 2.93. The van der Waals surface area contributed by atoms with Crippen molar-refractivity contribution >= 4 is 5.97 Å². The van der Waals surface area contributed by atoms with Crippen molar-refractivity contribution in [2.75, 3.05) is 0 Å². The van der Waals surface area contributed by atoms with Gasteiger partial charge in [0.1, 0.15) is 0 Å². The first-order chi connectivity index (χ1) is 7.24. The molecule has 0 aromatic carbocycles. The van der Waals surface area contributed by atoms with Crippen molar-refractivity contribution in [3.05, 3.63) is 0 Å². The fraction of sp³-hybridized carbons (Fsp3) is 0.923. The topological polar surface area (TPSA) is 37.3 Å². The Balaban J connectivity index is 1.86. The van der Waals surface area contributed by atoms with E-state index in [9.17, 15) is 4.79 Å². The summed E-state index contributed by atoms with van der Waals surface area (Å²) < 4.78 is 0. The molecule has 1 aliphatic carbocycles. The number of carboxylic acid groups (broad SMARTS) is 1. The quantitative estimate of drug-likeness (QED) is 0.589. The molecule has 15 heavy (non-hydrogen) atoms. The maximum Gasteiger partial charge on any atom is 0.303 e. The van der Waals surface area contributed by atoms with E-state index in [0.29, 0.717) is 6.42 Å². The summed E-state index contributed by atoms with van der Waals surface area (Å²) in [5, 5.41) is 8.55. The van der Waals surface area contributed by atoms with Crippen molar-refractivity contribution in [1.82, 2.24) is 0 Å². The van der Waals surface area contributed by atoms with Crippen LogP contribution in [0.15, 0.2) is 0 Å². The number of unbranched alkanes of at least 4 members (excludes halogenated alkanes) is 4. The Hall–Kier alpha value is -0.530. The number of carbonyl (C=O) groups is 1. The summed E-state index contributed by atoms with van der Waals surface area (Å²) in [6.07, 6.45) is 10.7. The third-order valence-corrected chi connectivity index (χ3v) is 3.48. The second-order valence-corrected chi connectivity index (χ2v) is 4.89. The molecule has 0 radical (unpaired) electrons. The molecule has 0 spiro atoms. The zero-order valence-corrected chi connectivity index (χ0v) is 9.87. The summed E-state index contributed by atoms with van der Waals surface area (Å²) in [4.78, 5) is 10.4. The molecule has 88 valence electrons. The van der Waals surface area contributed by atoms with Gasteiger partial charge < -0.3 is 5.11 Å². The maximum absolute atomic E-state index is 10.4. The summed E-state index contributed by atoms with van der Waals surface area (Å²) in [5.74, 6) is 0.974. The van der Waals surface area contributed by atoms with Crippen LogP contribution in [0.4, 0.5) is 0 Å². The van der Waals surface area contributed by atoms with Gasteiger partial charge in [-0.25, -0.2) is 0 Å². The Morgan fingerprint density at radius 2 is 1.80 bits per heavy atom. The van der Waals surface area contributed by atoms with Gasteiger partial charge in [0.05, 0.1) is 0 Å². The van der Waals surface area contributed by atoms with Gasteiger partial charge in [0, 0.05) is 6.42 Å². The van der Waals surface area contributed by atoms with Crippen molar-refractivity contribution in [2.45, 2.75) is 64.7 Å². The van der Waals surface area contributed by atoms with Crippen LogP contribution in [0.1, 0.15) is 64.7 Å². The van der Waals surface area contributed by atoms with Crippen molar-refractivity contribution in [1.29, 1.82) is 0 Å². The van der Waals surface area contributed by atoms with Gasteiger partial charge in [-0.05, 0) is 24.7 Å². The van der Waals surface area contributed by atoms with Gasteiger partial charge >= 0.3 is 5.97 Å². The van der Waals surface area contributed by atoms with Crippen LogP contribution < -0.4 is 0 Å². The molecule has 1 aliphatic rings. The van der Waals surface area contributed by atoms with Crippen molar-refractivity contribution in [3.63, 3.8) is 0 Å². The summed E-state index contributed by atoms with van der Waals surface area (Å²) >= 11 is 0. The Bertz CT molecular complexity index is 189. The average molecular weight is 212 g/mol. The second kappa shape index (κ2) is 6.86. The fourth-order valence-electron chi connectivity index (χ4n) is 2.34. The van der Waals surface area contributed by atoms with Crippen LogP contribution in [-0.4, -0.2) is 11.1 Å². The van der Waals surface area contributed by atoms with E-state index in [0.717, 1.165) is 18.3 Å². The lowest BCUT2D eigenvalue weighted by molar-refractivity contribution is -0.137. The van der Waals surface area contributed by atoms with Gasteiger partial charge in [0.2, 0.25) is 0 Å². The third-order valence-electron chi connectivity index (χ3n) is 3.48. The van der Waals surface area contributed by atoms with Gasteiger partial charge in [-0.3, -0.25) is 4.79 Å². The van der Waals surface area contributed by atoms with E-state index in [-0.39, 0.29) is 0 Å². The molecule has 1 fully saturated rings. The summed E-state index contributed by atoms with van der Waals surface area (Å²) in [7, 11) is 0. The Morgan fingerprint density at radius 3 is 2.47 bits per heavy atom. The molecule has 0 aliphatic heterocycles. The molecule has 1 rings (SSSR count). The Kier molecular flexibility index (Phi) is 5.74. The van der Waals surface area contributed by atoms with Gasteiger partial charge in [-0.1, -0.05) is 45.4 Å². The SMILES string of the molecule is CCCCCCC[C@@H]1C[C@H]1CCC(=O)O. The van der Waals surface area contributed by atoms with E-state index in [4.69, 9.17) is 5.11 Å². The van der Waals surface area contributed by atoms with Crippen molar-refractivity contribution < 1.29 is 9.90 Å². The first-order valence-corrected chi connectivity index (χ1v) is 6.45. The predicted molar refractivity (Wildman–Crippen MR) is 61.8 cm³/mol. The Labute approximate surface area is 93.1 Å². The number of carboxylic acids is 1. The lowest BCUT2D eigenvalue weighted by Crippen LogP contribution is -1.95. The molecule has 0 heterocycles. The van der Waals surface area contributed by atoms with Crippen LogP contribution in [-0.2, 0) is 4.79 Å². The van der Waals surface area contributed by atoms with Gasteiger partial charge in [-0.15, -0.1) is 0 Å². The molecule has 0 bridgehead atoms. The van der Waals surface area contributed by atoms with E-state index in [1.54, 1.807) is 0 Å². The molecule has 1 saturated carbocycles. The number of rotatable bonds is 9. The highest BCUT2D eigenvalue weighted by molar-refractivity contribution is 5.66. The summed E-state index contributed by atoms with van der Waals surface area (Å²) in [6, 6.07) is 0. The smallest absolute Gasteiger partial charge is 0.303 e. The van der Waals surface area contributed by atoms with E-state index in [1.807, 2.05) is 0 Å². The molecule has 0 aromatic rings. The minimum atomic E-state index is -0.636. The van der Waals surface area contributed by atoms with Crippen LogP contribution >= 0.6 is 0 Å². The van der Waals surface area contributed by atoms with Gasteiger partial charge in [0.15, 0.2) is 0 Å². The normalized spacial score (nSPS) is 24.1. The molecule has 0 saturated heterocycles. The first kappa shape index (κ1) is 12.5. The molecule has 2 nitrogen and oxygen atoms in total. The van der Waals surface area contributed by atoms with Crippen LogP contribution in [0, 0.1) is 11.8 Å². The lowest BCUT2D eigenvalue weighted by Gasteiger charge is -2.00. The Morgan fingerprint density at radius 1 is 1.13 bits per heavy atom. The fourth-order valence-corrected chi connectivity index (χ4v) is 2.34. The van der Waals surface area contributed by atoms with E-state index in [2.05, 4.69) is 6.92 Å². The lowest BCUT2D eigenvalue weighted by atomic mass is 10.1. The zero-order valence-electron chi connectivity index (χ0n) is 9.87. The van der Waals surface area contributed by atoms with E-state index < -0.39 is 5.97 Å². The van der Waals surface area contributed by atoms with Crippen molar-refractivity contribution in [3.8, 4) is 0 Å².